The van der Waals surface area contributed by atoms with Crippen LogP contribution in [0.4, 0.5) is 0 Å². The van der Waals surface area contributed by atoms with Crippen LogP contribution in [-0.2, 0) is 26.4 Å². The van der Waals surface area contributed by atoms with E-state index in [2.05, 4.69) is 88.0 Å². The third kappa shape index (κ3) is 4.93. The summed E-state index contributed by atoms with van der Waals surface area (Å²) in [6.45, 7) is 1.38. The monoisotopic (exact) mass is 506 g/mol. The molecule has 0 saturated carbocycles. The predicted octanol–water partition coefficient (Wildman–Crippen LogP) is 4.49. The van der Waals surface area contributed by atoms with Crippen LogP contribution in [0, 0.1) is 0 Å². The summed E-state index contributed by atoms with van der Waals surface area (Å²) in [6.07, 6.45) is 4.05. The molecule has 7 heteroatoms. The average Bonchev–Trinajstić information content (AvgIpc) is 3.42. The molecule has 3 aromatic carbocycles. The number of piperidine rings is 1. The maximum Gasteiger partial charge on any atom is 0.307 e. The number of aryl methyl sites for hydroxylation is 1. The van der Waals surface area contributed by atoms with E-state index in [9.17, 15) is 9.59 Å². The lowest BCUT2D eigenvalue weighted by Gasteiger charge is -2.47. The van der Waals surface area contributed by atoms with Gasteiger partial charge in [-0.05, 0) is 22.8 Å². The van der Waals surface area contributed by atoms with Crippen molar-refractivity contribution < 1.29 is 14.3 Å². The largest absolute Gasteiger partial charge is 0.469 e. The lowest BCUT2D eigenvalue weighted by molar-refractivity contribution is -0.140. The number of carbonyl (C=O) groups excluding carboxylic acids is 2. The van der Waals surface area contributed by atoms with Gasteiger partial charge in [0.15, 0.2) is 5.78 Å². The summed E-state index contributed by atoms with van der Waals surface area (Å²) in [7, 11) is 1.36. The molecule has 0 N–H and O–H groups in total. The number of aromatic nitrogens is 3. The quantitative estimate of drug-likeness (QED) is 0.199. The molecule has 1 aliphatic heterocycles. The predicted molar refractivity (Wildman–Crippen MR) is 145 cm³/mol. The number of nitrogens with zero attached hydrogens (tertiary/aromatic N) is 4. The number of hydrogen-bond donors (Lipinski definition) is 0. The number of Topliss-reactive ketones (excluding diaryl/α,β-unsaturated/α-hetero) is 1. The first-order valence-corrected chi connectivity index (χ1v) is 12.7. The molecule has 0 atom stereocenters. The Morgan fingerprint density at radius 2 is 1.47 bits per heavy atom. The third-order valence-electron chi connectivity index (χ3n) is 7.10. The first-order valence-electron chi connectivity index (χ1n) is 12.7. The van der Waals surface area contributed by atoms with Crippen LogP contribution in [0.2, 0.25) is 0 Å². The van der Waals surface area contributed by atoms with Crippen LogP contribution in [0.25, 0.3) is 6.08 Å². The van der Waals surface area contributed by atoms with E-state index in [1.165, 1.54) is 7.11 Å². The first kappa shape index (κ1) is 25.3. The Morgan fingerprint density at radius 3 is 2.00 bits per heavy atom. The van der Waals surface area contributed by atoms with E-state index in [-0.39, 0.29) is 18.2 Å². The molecule has 2 heterocycles. The summed E-state index contributed by atoms with van der Waals surface area (Å²) >= 11 is 0. The molecule has 1 aliphatic rings. The second-order valence-corrected chi connectivity index (χ2v) is 9.28. The fourth-order valence-electron chi connectivity index (χ4n) is 5.30. The van der Waals surface area contributed by atoms with E-state index in [1.54, 1.807) is 10.9 Å². The van der Waals surface area contributed by atoms with Gasteiger partial charge in [-0.2, -0.15) is 0 Å². The highest BCUT2D eigenvalue weighted by molar-refractivity contribution is 6.00. The van der Waals surface area contributed by atoms with Gasteiger partial charge in [-0.25, -0.2) is 4.68 Å². The van der Waals surface area contributed by atoms with E-state index in [0.29, 0.717) is 37.3 Å². The van der Waals surface area contributed by atoms with Gasteiger partial charge >= 0.3 is 5.97 Å². The summed E-state index contributed by atoms with van der Waals surface area (Å²) < 4.78 is 6.39. The number of ether oxygens (including phenoxy) is 1. The molecule has 0 amide bonds. The molecule has 7 nitrogen and oxygen atoms in total. The van der Waals surface area contributed by atoms with E-state index in [0.717, 1.165) is 16.7 Å². The van der Waals surface area contributed by atoms with Crippen molar-refractivity contribution in [2.45, 2.75) is 24.9 Å². The zero-order chi connectivity index (χ0) is 26.4. The van der Waals surface area contributed by atoms with Crippen molar-refractivity contribution in [1.29, 1.82) is 0 Å². The van der Waals surface area contributed by atoms with E-state index in [1.807, 2.05) is 24.3 Å². The number of rotatable bonds is 8. The summed E-state index contributed by atoms with van der Waals surface area (Å²) in [4.78, 5) is 27.3. The Morgan fingerprint density at radius 1 is 0.921 bits per heavy atom. The van der Waals surface area contributed by atoms with Crippen LogP contribution in [0.5, 0.6) is 0 Å². The molecule has 1 fully saturated rings. The molecule has 38 heavy (non-hydrogen) atoms. The van der Waals surface area contributed by atoms with Gasteiger partial charge in [0.25, 0.3) is 0 Å². The molecule has 4 aromatic rings. The van der Waals surface area contributed by atoms with Gasteiger partial charge < -0.3 is 4.74 Å². The van der Waals surface area contributed by atoms with Gasteiger partial charge in [0, 0.05) is 25.1 Å². The zero-order valence-electron chi connectivity index (χ0n) is 21.4. The van der Waals surface area contributed by atoms with Crippen molar-refractivity contribution >= 4 is 17.8 Å². The second kappa shape index (κ2) is 11.4. The SMILES string of the molecule is COC(=O)CCn1nncc1/C=C1\CN(C(c2ccccc2)(c2ccccc2)c2ccccc2)CCC1=O. The lowest BCUT2D eigenvalue weighted by atomic mass is 9.74. The second-order valence-electron chi connectivity index (χ2n) is 9.28. The molecular formula is C31H30N4O3. The van der Waals surface area contributed by atoms with Crippen molar-refractivity contribution in [3.63, 3.8) is 0 Å². The number of methoxy groups -OCH3 is 1. The topological polar surface area (TPSA) is 77.3 Å². The molecule has 1 saturated heterocycles. The molecule has 0 unspecified atom stereocenters. The molecule has 0 radical (unpaired) electrons. The highest BCUT2D eigenvalue weighted by atomic mass is 16.5. The van der Waals surface area contributed by atoms with Crippen molar-refractivity contribution in [1.82, 2.24) is 19.9 Å². The fourth-order valence-corrected chi connectivity index (χ4v) is 5.30. The number of likely N-dealkylation sites (tertiary alicyclic amines) is 1. The zero-order valence-corrected chi connectivity index (χ0v) is 21.4. The van der Waals surface area contributed by atoms with Gasteiger partial charge in [-0.3, -0.25) is 14.5 Å². The fraction of sp³-hybridized carbons (Fsp3) is 0.226. The van der Waals surface area contributed by atoms with Crippen LogP contribution in [0.1, 0.15) is 35.2 Å². The summed E-state index contributed by atoms with van der Waals surface area (Å²) in [5.41, 5.74) is 4.17. The van der Waals surface area contributed by atoms with Gasteiger partial charge in [-0.1, -0.05) is 96.2 Å². The van der Waals surface area contributed by atoms with E-state index >= 15 is 0 Å². The van der Waals surface area contributed by atoms with Crippen LogP contribution in [0.3, 0.4) is 0 Å². The standard InChI is InChI=1S/C31H30N4O3/c1-38-30(37)18-20-35-28(22-32-33-35)21-24-23-34(19-17-29(24)36)31(25-11-5-2-6-12-25,26-13-7-3-8-14-26)27-15-9-4-10-16-27/h2-16,21-22H,17-20,23H2,1H3/b24-21+. The van der Waals surface area contributed by atoms with Gasteiger partial charge in [0.05, 0.1) is 37.5 Å². The summed E-state index contributed by atoms with van der Waals surface area (Å²) in [6, 6.07) is 31.4. The van der Waals surface area contributed by atoms with Crippen molar-refractivity contribution in [3.8, 4) is 0 Å². The third-order valence-corrected chi connectivity index (χ3v) is 7.10. The number of esters is 1. The number of ketones is 1. The number of benzene rings is 3. The molecule has 0 bridgehead atoms. The molecule has 1 aromatic heterocycles. The molecule has 0 spiro atoms. The van der Waals surface area contributed by atoms with Gasteiger partial charge in [-0.15, -0.1) is 5.10 Å². The van der Waals surface area contributed by atoms with Crippen molar-refractivity contribution in [2.75, 3.05) is 20.2 Å². The lowest BCUT2D eigenvalue weighted by Crippen LogP contribution is -2.52. The highest BCUT2D eigenvalue weighted by Gasteiger charge is 2.44. The molecule has 0 aliphatic carbocycles. The van der Waals surface area contributed by atoms with Gasteiger partial charge in [0.1, 0.15) is 0 Å². The maximum absolute atomic E-state index is 13.2. The Hall–Kier alpha value is -4.36. The molecule has 5 rings (SSSR count). The summed E-state index contributed by atoms with van der Waals surface area (Å²) in [5.74, 6) is -0.220. The molecule has 192 valence electrons. The van der Waals surface area contributed by atoms with Crippen LogP contribution in [-0.4, -0.2) is 51.8 Å². The van der Waals surface area contributed by atoms with E-state index in [4.69, 9.17) is 4.74 Å². The smallest absolute Gasteiger partial charge is 0.307 e. The summed E-state index contributed by atoms with van der Waals surface area (Å²) in [5, 5.41) is 8.13. The Labute approximate surface area is 222 Å². The van der Waals surface area contributed by atoms with Crippen molar-refractivity contribution in [2.24, 2.45) is 0 Å². The van der Waals surface area contributed by atoms with Crippen LogP contribution in [0.15, 0.2) is 103 Å². The molecular weight excluding hydrogens is 476 g/mol. The first-order chi connectivity index (χ1) is 18.6. The van der Waals surface area contributed by atoms with E-state index < -0.39 is 5.54 Å². The number of hydrogen-bond acceptors (Lipinski definition) is 6. The maximum atomic E-state index is 13.2. The number of carbonyl (C=O) groups is 2. The minimum absolute atomic E-state index is 0.102. The van der Waals surface area contributed by atoms with Crippen LogP contribution >= 0.6 is 0 Å². The van der Waals surface area contributed by atoms with Crippen LogP contribution < -0.4 is 0 Å². The minimum Gasteiger partial charge on any atom is -0.469 e. The Kier molecular flexibility index (Phi) is 7.56. The Balaban J connectivity index is 1.60. The van der Waals surface area contributed by atoms with Gasteiger partial charge in [0.2, 0.25) is 0 Å². The minimum atomic E-state index is -0.604. The van der Waals surface area contributed by atoms with Crippen molar-refractivity contribution in [3.05, 3.63) is 125 Å². The normalized spacial score (nSPS) is 15.5. The Bertz CT molecular complexity index is 1320. The average molecular weight is 507 g/mol. The highest BCUT2D eigenvalue weighted by Crippen LogP contribution is 2.43.